The number of fused-ring (bicyclic) bond motifs is 1. The predicted octanol–water partition coefficient (Wildman–Crippen LogP) is 4.17. The maximum absolute atomic E-state index is 13.2. The Labute approximate surface area is 148 Å². The fraction of sp³-hybridized carbons (Fsp3) is 0.700. The van der Waals surface area contributed by atoms with Gasteiger partial charge in [-0.15, -0.1) is 0 Å². The van der Waals surface area contributed by atoms with Crippen molar-refractivity contribution in [2.45, 2.75) is 69.8 Å². The zero-order valence-corrected chi connectivity index (χ0v) is 14.7. The van der Waals surface area contributed by atoms with Gasteiger partial charge in [-0.25, -0.2) is 0 Å². The molecule has 0 bridgehead atoms. The minimum Gasteiger partial charge on any atom is -0.300 e. The minimum absolute atomic E-state index is 0.241. The van der Waals surface area contributed by atoms with E-state index in [2.05, 4.69) is 17.0 Å². The van der Waals surface area contributed by atoms with Crippen molar-refractivity contribution in [1.29, 1.82) is 0 Å². The van der Waals surface area contributed by atoms with Crippen LogP contribution in [0.5, 0.6) is 0 Å². The summed E-state index contributed by atoms with van der Waals surface area (Å²) in [7, 11) is 0. The Hall–Kier alpha value is -1.07. The topological polar surface area (TPSA) is 6.48 Å². The van der Waals surface area contributed by atoms with Crippen molar-refractivity contribution in [3.8, 4) is 0 Å². The van der Waals surface area contributed by atoms with Crippen molar-refractivity contribution in [1.82, 2.24) is 9.80 Å². The van der Waals surface area contributed by atoms with E-state index in [9.17, 15) is 13.2 Å². The maximum Gasteiger partial charge on any atom is 0.404 e. The van der Waals surface area contributed by atoms with Crippen LogP contribution in [0, 0.1) is 0 Å². The Balaban J connectivity index is 1.44. The first-order chi connectivity index (χ1) is 12.0. The SMILES string of the molecule is FC(F)(F)C1CCCN1Cc1ccc2c(c1)CCN(C1CCC1)CC2. The molecule has 4 rings (SSSR count). The Morgan fingerprint density at radius 1 is 0.920 bits per heavy atom. The molecule has 0 N–H and O–H groups in total. The zero-order chi connectivity index (χ0) is 17.4. The van der Waals surface area contributed by atoms with Gasteiger partial charge < -0.3 is 0 Å². The number of likely N-dealkylation sites (tertiary alicyclic amines) is 1. The van der Waals surface area contributed by atoms with E-state index in [0.717, 1.165) is 37.5 Å². The molecular formula is C20H27F3N2. The molecule has 2 fully saturated rings. The molecule has 5 heteroatoms. The van der Waals surface area contributed by atoms with Gasteiger partial charge in [-0.1, -0.05) is 24.6 Å². The molecule has 0 amide bonds. The number of benzene rings is 1. The van der Waals surface area contributed by atoms with Crippen LogP contribution < -0.4 is 0 Å². The molecular weight excluding hydrogens is 325 g/mol. The Kier molecular flexibility index (Phi) is 4.80. The Bertz CT molecular complexity index is 609. The lowest BCUT2D eigenvalue weighted by atomic mass is 9.91. The summed E-state index contributed by atoms with van der Waals surface area (Å²) in [5.74, 6) is 0. The number of alkyl halides is 3. The van der Waals surface area contributed by atoms with Crippen LogP contribution in [0.2, 0.25) is 0 Å². The second-order valence-corrected chi connectivity index (χ2v) is 7.89. The smallest absolute Gasteiger partial charge is 0.300 e. The highest BCUT2D eigenvalue weighted by atomic mass is 19.4. The molecule has 1 aromatic carbocycles. The van der Waals surface area contributed by atoms with Crippen molar-refractivity contribution >= 4 is 0 Å². The molecule has 1 aliphatic carbocycles. The minimum atomic E-state index is -4.11. The molecule has 2 nitrogen and oxygen atoms in total. The van der Waals surface area contributed by atoms with Crippen molar-refractivity contribution in [3.05, 3.63) is 34.9 Å². The molecule has 1 saturated heterocycles. The number of rotatable bonds is 3. The van der Waals surface area contributed by atoms with Gasteiger partial charge in [0.15, 0.2) is 0 Å². The Morgan fingerprint density at radius 2 is 1.68 bits per heavy atom. The molecule has 1 unspecified atom stereocenters. The van der Waals surface area contributed by atoms with E-state index in [-0.39, 0.29) is 6.42 Å². The molecule has 3 aliphatic rings. The summed E-state index contributed by atoms with van der Waals surface area (Å²) in [5.41, 5.74) is 3.77. The van der Waals surface area contributed by atoms with E-state index in [1.165, 1.54) is 30.4 Å². The predicted molar refractivity (Wildman–Crippen MR) is 92.5 cm³/mol. The number of hydrogen-bond acceptors (Lipinski definition) is 2. The van der Waals surface area contributed by atoms with Crippen LogP contribution in [-0.2, 0) is 19.4 Å². The van der Waals surface area contributed by atoms with E-state index < -0.39 is 12.2 Å². The lowest BCUT2D eigenvalue weighted by Crippen LogP contribution is -2.41. The van der Waals surface area contributed by atoms with Gasteiger partial charge in [0.2, 0.25) is 0 Å². The van der Waals surface area contributed by atoms with Crippen LogP contribution in [0.15, 0.2) is 18.2 Å². The molecule has 2 aliphatic heterocycles. The molecule has 2 heterocycles. The number of halogens is 3. The lowest BCUT2D eigenvalue weighted by Gasteiger charge is -2.36. The molecule has 1 aromatic rings. The number of hydrogen-bond donors (Lipinski definition) is 0. The number of nitrogens with zero attached hydrogens (tertiary/aromatic N) is 2. The third-order valence-corrected chi connectivity index (χ3v) is 6.33. The average Bonchev–Trinajstić information content (AvgIpc) is 2.88. The van der Waals surface area contributed by atoms with Crippen LogP contribution in [0.25, 0.3) is 0 Å². The molecule has 0 radical (unpaired) electrons. The van der Waals surface area contributed by atoms with Gasteiger partial charge in [-0.05, 0) is 61.8 Å². The highest BCUT2D eigenvalue weighted by Crippen LogP contribution is 2.34. The van der Waals surface area contributed by atoms with Gasteiger partial charge in [0.05, 0.1) is 0 Å². The Morgan fingerprint density at radius 3 is 2.36 bits per heavy atom. The molecule has 0 aromatic heterocycles. The third-order valence-electron chi connectivity index (χ3n) is 6.33. The summed E-state index contributed by atoms with van der Waals surface area (Å²) < 4.78 is 39.5. The van der Waals surface area contributed by atoms with Crippen LogP contribution in [0.1, 0.15) is 48.8 Å². The van der Waals surface area contributed by atoms with Gasteiger partial charge in [-0.3, -0.25) is 9.80 Å². The summed E-state index contributed by atoms with van der Waals surface area (Å²) >= 11 is 0. The van der Waals surface area contributed by atoms with Crippen LogP contribution in [0.4, 0.5) is 13.2 Å². The highest BCUT2D eigenvalue weighted by Gasteiger charge is 2.45. The van der Waals surface area contributed by atoms with Crippen LogP contribution >= 0.6 is 0 Å². The van der Waals surface area contributed by atoms with Crippen molar-refractivity contribution in [3.63, 3.8) is 0 Å². The van der Waals surface area contributed by atoms with Gasteiger partial charge in [0.25, 0.3) is 0 Å². The zero-order valence-electron chi connectivity index (χ0n) is 14.7. The van der Waals surface area contributed by atoms with Gasteiger partial charge >= 0.3 is 6.18 Å². The first-order valence-corrected chi connectivity index (χ1v) is 9.66. The van der Waals surface area contributed by atoms with E-state index in [4.69, 9.17) is 0 Å². The lowest BCUT2D eigenvalue weighted by molar-refractivity contribution is -0.177. The van der Waals surface area contributed by atoms with Crippen molar-refractivity contribution in [2.24, 2.45) is 0 Å². The van der Waals surface area contributed by atoms with Crippen LogP contribution in [0.3, 0.4) is 0 Å². The quantitative estimate of drug-likeness (QED) is 0.806. The largest absolute Gasteiger partial charge is 0.404 e. The molecule has 1 atom stereocenters. The third kappa shape index (κ3) is 3.72. The summed E-state index contributed by atoms with van der Waals surface area (Å²) in [6, 6.07) is 5.88. The van der Waals surface area contributed by atoms with E-state index in [0.29, 0.717) is 19.5 Å². The van der Waals surface area contributed by atoms with Gasteiger partial charge in [-0.2, -0.15) is 13.2 Å². The standard InChI is InChI=1S/C20H27F3N2/c21-20(22,23)19-5-2-10-25(19)14-15-6-7-16-8-11-24(18-3-1-4-18)12-9-17(16)13-15/h6-7,13,18-19H,1-5,8-12,14H2. The average molecular weight is 352 g/mol. The first kappa shape index (κ1) is 17.3. The second-order valence-electron chi connectivity index (χ2n) is 7.89. The molecule has 1 saturated carbocycles. The molecule has 138 valence electrons. The van der Waals surface area contributed by atoms with E-state index >= 15 is 0 Å². The second kappa shape index (κ2) is 6.92. The normalized spacial score (nSPS) is 26.3. The van der Waals surface area contributed by atoms with Crippen molar-refractivity contribution in [2.75, 3.05) is 19.6 Å². The fourth-order valence-electron chi connectivity index (χ4n) is 4.63. The molecule has 25 heavy (non-hydrogen) atoms. The summed E-state index contributed by atoms with van der Waals surface area (Å²) in [5, 5.41) is 0. The van der Waals surface area contributed by atoms with E-state index in [1.807, 2.05) is 6.07 Å². The summed E-state index contributed by atoms with van der Waals surface area (Å²) in [6.07, 6.45) is 2.89. The van der Waals surface area contributed by atoms with E-state index in [1.54, 1.807) is 4.90 Å². The van der Waals surface area contributed by atoms with Gasteiger partial charge in [0.1, 0.15) is 6.04 Å². The molecule has 0 spiro atoms. The first-order valence-electron chi connectivity index (χ1n) is 9.66. The van der Waals surface area contributed by atoms with Crippen molar-refractivity contribution < 1.29 is 13.2 Å². The monoisotopic (exact) mass is 352 g/mol. The highest BCUT2D eigenvalue weighted by molar-refractivity contribution is 5.33. The summed E-state index contributed by atoms with van der Waals surface area (Å²) in [4.78, 5) is 4.22. The van der Waals surface area contributed by atoms with Crippen LogP contribution in [-0.4, -0.2) is 47.7 Å². The fourth-order valence-corrected chi connectivity index (χ4v) is 4.63. The summed E-state index contributed by atoms with van der Waals surface area (Å²) in [6.45, 7) is 3.19. The maximum atomic E-state index is 13.2. The van der Waals surface area contributed by atoms with Gasteiger partial charge in [0, 0.05) is 25.7 Å².